The minimum Gasteiger partial charge on any atom is -0.206 e. The van der Waals surface area contributed by atoms with Crippen molar-refractivity contribution in [1.29, 1.82) is 0 Å². The zero-order valence-electron chi connectivity index (χ0n) is 18.2. The molecule has 2 saturated carbocycles. The molecule has 0 heterocycles. The Balaban J connectivity index is 1.61. The van der Waals surface area contributed by atoms with Gasteiger partial charge in [0.1, 0.15) is 5.82 Å². The third-order valence-corrected chi connectivity index (χ3v) is 7.79. The zero-order valence-corrected chi connectivity index (χ0v) is 18.2. The molecule has 2 fully saturated rings. The highest BCUT2D eigenvalue weighted by atomic mass is 19.2. The Morgan fingerprint density at radius 3 is 2.47 bits per heavy atom. The lowest BCUT2D eigenvalue weighted by molar-refractivity contribution is 0.115. The van der Waals surface area contributed by atoms with Gasteiger partial charge in [0.25, 0.3) is 0 Å². The van der Waals surface area contributed by atoms with Gasteiger partial charge in [-0.25, -0.2) is 13.2 Å². The summed E-state index contributed by atoms with van der Waals surface area (Å²) in [5.41, 5.74) is 0.900. The standard InChI is InChI=1S/C27H33F3/c1-3-5-6-7-18-10-13-22-16-23(26(29)27(30)24(22)25(18)28)21-12-11-19-14-17(4-2)8-9-20(19)15-21/h3,5,10,13,16-17,19-21H,4,6-9,11-12,14-15H2,1-2H3/b5-3+. The van der Waals surface area contributed by atoms with Crippen LogP contribution >= 0.6 is 0 Å². The molecule has 2 aromatic rings. The highest BCUT2D eigenvalue weighted by Gasteiger charge is 2.36. The quantitative estimate of drug-likeness (QED) is 0.430. The van der Waals surface area contributed by atoms with Crippen molar-refractivity contribution in [3.05, 3.63) is 58.9 Å². The molecule has 0 saturated heterocycles. The van der Waals surface area contributed by atoms with Crippen molar-refractivity contribution >= 4 is 10.8 Å². The second kappa shape index (κ2) is 9.16. The summed E-state index contributed by atoms with van der Waals surface area (Å²) in [6, 6.07) is 5.20. The molecule has 0 amide bonds. The molecule has 3 heteroatoms. The molecule has 162 valence electrons. The number of hydrogen-bond donors (Lipinski definition) is 0. The van der Waals surface area contributed by atoms with Crippen molar-refractivity contribution < 1.29 is 13.2 Å². The van der Waals surface area contributed by atoms with Gasteiger partial charge in [-0.2, -0.15) is 0 Å². The zero-order chi connectivity index (χ0) is 21.3. The molecule has 0 bridgehead atoms. The first kappa shape index (κ1) is 21.5. The lowest BCUT2D eigenvalue weighted by Crippen LogP contribution is -2.30. The van der Waals surface area contributed by atoms with Gasteiger partial charge in [0.15, 0.2) is 11.6 Å². The van der Waals surface area contributed by atoms with Crippen LogP contribution in [0.1, 0.15) is 82.3 Å². The molecule has 4 atom stereocenters. The Labute approximate surface area is 178 Å². The molecule has 0 aromatic heterocycles. The Morgan fingerprint density at radius 2 is 1.70 bits per heavy atom. The van der Waals surface area contributed by atoms with Crippen molar-refractivity contribution in [2.24, 2.45) is 17.8 Å². The van der Waals surface area contributed by atoms with Gasteiger partial charge in [-0.15, -0.1) is 0 Å². The van der Waals surface area contributed by atoms with Crippen LogP contribution in [0.2, 0.25) is 0 Å². The Bertz CT molecular complexity index is 930. The van der Waals surface area contributed by atoms with Crippen LogP contribution in [0.3, 0.4) is 0 Å². The topological polar surface area (TPSA) is 0 Å². The fourth-order valence-corrected chi connectivity index (χ4v) is 5.98. The summed E-state index contributed by atoms with van der Waals surface area (Å²) >= 11 is 0. The lowest BCUT2D eigenvalue weighted by atomic mass is 9.63. The summed E-state index contributed by atoms with van der Waals surface area (Å²) in [7, 11) is 0. The summed E-state index contributed by atoms with van der Waals surface area (Å²) in [4.78, 5) is 0. The summed E-state index contributed by atoms with van der Waals surface area (Å²) in [6.07, 6.45) is 13.0. The van der Waals surface area contributed by atoms with Crippen LogP contribution in [0.5, 0.6) is 0 Å². The molecule has 2 aromatic carbocycles. The van der Waals surface area contributed by atoms with E-state index in [4.69, 9.17) is 0 Å². The number of rotatable bonds is 5. The van der Waals surface area contributed by atoms with E-state index in [1.54, 1.807) is 18.2 Å². The first-order chi connectivity index (χ1) is 14.5. The first-order valence-electron chi connectivity index (χ1n) is 11.7. The maximum absolute atomic E-state index is 15.1. The van der Waals surface area contributed by atoms with Crippen molar-refractivity contribution in [2.45, 2.75) is 77.6 Å². The smallest absolute Gasteiger partial charge is 0.169 e. The molecular weight excluding hydrogens is 381 g/mol. The Kier molecular flexibility index (Phi) is 6.55. The molecule has 0 N–H and O–H groups in total. The summed E-state index contributed by atoms with van der Waals surface area (Å²) in [5, 5.41) is 0.291. The number of hydrogen-bond acceptors (Lipinski definition) is 0. The van der Waals surface area contributed by atoms with E-state index in [1.807, 2.05) is 19.1 Å². The van der Waals surface area contributed by atoms with Crippen LogP contribution in [0.25, 0.3) is 10.8 Å². The molecule has 0 radical (unpaired) electrons. The van der Waals surface area contributed by atoms with Gasteiger partial charge in [0.05, 0.1) is 5.39 Å². The van der Waals surface area contributed by atoms with E-state index >= 15 is 8.78 Å². The fourth-order valence-electron chi connectivity index (χ4n) is 5.98. The van der Waals surface area contributed by atoms with Crippen molar-refractivity contribution in [3.8, 4) is 0 Å². The van der Waals surface area contributed by atoms with E-state index in [2.05, 4.69) is 6.92 Å². The number of fused-ring (bicyclic) bond motifs is 2. The van der Waals surface area contributed by atoms with E-state index < -0.39 is 17.5 Å². The highest BCUT2D eigenvalue weighted by molar-refractivity contribution is 5.85. The van der Waals surface area contributed by atoms with Crippen molar-refractivity contribution in [3.63, 3.8) is 0 Å². The maximum atomic E-state index is 15.1. The molecule has 0 aliphatic heterocycles. The van der Waals surface area contributed by atoms with Crippen LogP contribution in [-0.2, 0) is 6.42 Å². The highest BCUT2D eigenvalue weighted by Crippen LogP contribution is 2.49. The van der Waals surface area contributed by atoms with Gasteiger partial charge in [-0.1, -0.05) is 44.1 Å². The average molecular weight is 415 g/mol. The minimum absolute atomic E-state index is 0.0424. The van der Waals surface area contributed by atoms with Crippen LogP contribution in [0.4, 0.5) is 13.2 Å². The van der Waals surface area contributed by atoms with Crippen molar-refractivity contribution in [1.82, 2.24) is 0 Å². The number of aryl methyl sites for hydroxylation is 1. The van der Waals surface area contributed by atoms with E-state index in [-0.39, 0.29) is 11.3 Å². The monoisotopic (exact) mass is 414 g/mol. The number of halogens is 3. The van der Waals surface area contributed by atoms with Gasteiger partial charge in [0.2, 0.25) is 0 Å². The summed E-state index contributed by atoms with van der Waals surface area (Å²) in [6.45, 7) is 4.19. The predicted molar refractivity (Wildman–Crippen MR) is 118 cm³/mol. The molecular formula is C27H33F3. The van der Waals surface area contributed by atoms with E-state index in [0.29, 0.717) is 35.3 Å². The molecule has 4 rings (SSSR count). The number of allylic oxidation sites excluding steroid dienone is 2. The molecule has 0 nitrogen and oxygen atoms in total. The lowest BCUT2D eigenvalue weighted by Gasteiger charge is -2.42. The van der Waals surface area contributed by atoms with Gasteiger partial charge in [0, 0.05) is 0 Å². The van der Waals surface area contributed by atoms with Crippen LogP contribution in [0, 0.1) is 35.2 Å². The van der Waals surface area contributed by atoms with Gasteiger partial charge < -0.3 is 0 Å². The van der Waals surface area contributed by atoms with E-state index in [1.165, 1.54) is 25.7 Å². The summed E-state index contributed by atoms with van der Waals surface area (Å²) < 4.78 is 45.1. The molecule has 30 heavy (non-hydrogen) atoms. The summed E-state index contributed by atoms with van der Waals surface area (Å²) in [5.74, 6) is -0.215. The second-order valence-electron chi connectivity index (χ2n) is 9.46. The Hall–Kier alpha value is -1.77. The molecule has 0 spiro atoms. The average Bonchev–Trinajstić information content (AvgIpc) is 2.77. The first-order valence-corrected chi connectivity index (χ1v) is 11.7. The molecule has 4 unspecified atom stereocenters. The predicted octanol–water partition coefficient (Wildman–Crippen LogP) is 8.48. The van der Waals surface area contributed by atoms with Crippen LogP contribution in [-0.4, -0.2) is 0 Å². The van der Waals surface area contributed by atoms with Gasteiger partial charge >= 0.3 is 0 Å². The molecule has 2 aliphatic rings. The normalized spacial score (nSPS) is 27.0. The second-order valence-corrected chi connectivity index (χ2v) is 9.46. The van der Waals surface area contributed by atoms with Crippen molar-refractivity contribution in [2.75, 3.05) is 0 Å². The van der Waals surface area contributed by atoms with E-state index in [0.717, 1.165) is 31.1 Å². The van der Waals surface area contributed by atoms with Gasteiger partial charge in [-0.3, -0.25) is 0 Å². The SMILES string of the molecule is C/C=C/CCc1ccc2cc(C3CCC4CC(CC)CCC4C3)c(F)c(F)c2c1F. The van der Waals surface area contributed by atoms with E-state index in [9.17, 15) is 4.39 Å². The third kappa shape index (κ3) is 4.05. The largest absolute Gasteiger partial charge is 0.206 e. The maximum Gasteiger partial charge on any atom is 0.169 e. The fraction of sp³-hybridized carbons (Fsp3) is 0.556. The minimum atomic E-state index is -1.01. The van der Waals surface area contributed by atoms with Gasteiger partial charge in [-0.05, 0) is 98.1 Å². The molecule has 2 aliphatic carbocycles. The Morgan fingerprint density at radius 1 is 0.933 bits per heavy atom. The van der Waals surface area contributed by atoms with Crippen LogP contribution in [0.15, 0.2) is 30.4 Å². The van der Waals surface area contributed by atoms with Crippen LogP contribution < -0.4 is 0 Å². The third-order valence-electron chi connectivity index (χ3n) is 7.79. The number of benzene rings is 2.